The summed E-state index contributed by atoms with van der Waals surface area (Å²) in [5.74, 6) is 0.531. The molecule has 6 nitrogen and oxygen atoms in total. The van der Waals surface area contributed by atoms with Crippen molar-refractivity contribution in [2.24, 2.45) is 0 Å². The maximum Gasteiger partial charge on any atom is 0.409 e. The molecule has 2 amide bonds. The maximum absolute atomic E-state index is 11.8. The van der Waals surface area contributed by atoms with E-state index in [4.69, 9.17) is 9.52 Å². The van der Waals surface area contributed by atoms with Crippen LogP contribution in [0.25, 0.3) is 0 Å². The fourth-order valence-corrected chi connectivity index (χ4v) is 1.51. The summed E-state index contributed by atoms with van der Waals surface area (Å²) in [7, 11) is 0. The Kier molecular flexibility index (Phi) is 3.51. The lowest BCUT2D eigenvalue weighted by molar-refractivity contribution is 0.0995. The zero-order chi connectivity index (χ0) is 13.8. The van der Waals surface area contributed by atoms with Crippen LogP contribution in [0, 0.1) is 6.92 Å². The van der Waals surface area contributed by atoms with Crippen LogP contribution in [0.3, 0.4) is 0 Å². The maximum atomic E-state index is 11.8. The molecule has 0 aliphatic heterocycles. The monoisotopic (exact) mass is 260 g/mol. The summed E-state index contributed by atoms with van der Waals surface area (Å²) < 4.78 is 5.19. The lowest BCUT2D eigenvalue weighted by Crippen LogP contribution is -2.11. The summed E-state index contributed by atoms with van der Waals surface area (Å²) in [6, 6.07) is 9.59. The average molecular weight is 260 g/mol. The molecule has 0 atom stereocenters. The number of nitrogens with one attached hydrogen (secondary N) is 2. The van der Waals surface area contributed by atoms with Crippen molar-refractivity contribution in [2.75, 3.05) is 10.6 Å². The van der Waals surface area contributed by atoms with E-state index in [9.17, 15) is 9.59 Å². The molecule has 0 radical (unpaired) electrons. The Morgan fingerprint density at radius 3 is 2.05 bits per heavy atom. The van der Waals surface area contributed by atoms with E-state index >= 15 is 0 Å². The number of carbonyl (C=O) groups is 2. The second-order valence-corrected chi connectivity index (χ2v) is 3.87. The fourth-order valence-electron chi connectivity index (χ4n) is 1.51. The van der Waals surface area contributed by atoms with Gasteiger partial charge in [-0.15, -0.1) is 0 Å². The zero-order valence-electron chi connectivity index (χ0n) is 10.1. The number of carbonyl (C=O) groups excluding carboxylic acids is 1. The highest BCUT2D eigenvalue weighted by Gasteiger charge is 2.10. The molecule has 6 heteroatoms. The number of hydrogen-bond acceptors (Lipinski definition) is 3. The number of amides is 2. The molecule has 0 fully saturated rings. The highest BCUT2D eigenvalue weighted by molar-refractivity contribution is 6.02. The minimum atomic E-state index is -1.14. The normalized spacial score (nSPS) is 9.95. The molecular formula is C13H12N2O4. The molecule has 0 bridgehead atoms. The molecule has 19 heavy (non-hydrogen) atoms. The van der Waals surface area contributed by atoms with Crippen molar-refractivity contribution in [3.63, 3.8) is 0 Å². The van der Waals surface area contributed by atoms with E-state index in [1.807, 2.05) is 0 Å². The molecule has 2 rings (SSSR count). The van der Waals surface area contributed by atoms with Crippen LogP contribution in [0.4, 0.5) is 16.2 Å². The predicted molar refractivity (Wildman–Crippen MR) is 69.5 cm³/mol. The topological polar surface area (TPSA) is 91.6 Å². The lowest BCUT2D eigenvalue weighted by Gasteiger charge is -2.05. The first-order valence-electron chi connectivity index (χ1n) is 5.52. The molecule has 3 N–H and O–H groups in total. The summed E-state index contributed by atoms with van der Waals surface area (Å²) in [5.41, 5.74) is 0.981. The van der Waals surface area contributed by atoms with Gasteiger partial charge >= 0.3 is 6.09 Å². The molecule has 98 valence electrons. The number of rotatable bonds is 3. The Labute approximate surface area is 109 Å². The van der Waals surface area contributed by atoms with Crippen LogP contribution in [0.15, 0.2) is 40.8 Å². The van der Waals surface area contributed by atoms with Gasteiger partial charge in [0.2, 0.25) is 0 Å². The zero-order valence-corrected chi connectivity index (χ0v) is 10.1. The van der Waals surface area contributed by atoms with Crippen molar-refractivity contribution in [3.05, 3.63) is 47.9 Å². The third kappa shape index (κ3) is 3.35. The van der Waals surface area contributed by atoms with Gasteiger partial charge in [0.25, 0.3) is 5.91 Å². The van der Waals surface area contributed by atoms with E-state index in [1.165, 1.54) is 0 Å². The number of aryl methyl sites for hydroxylation is 1. The summed E-state index contributed by atoms with van der Waals surface area (Å²) in [6.45, 7) is 1.75. The molecule has 0 saturated carbocycles. The van der Waals surface area contributed by atoms with E-state index in [1.54, 1.807) is 43.3 Å². The number of anilines is 2. The SMILES string of the molecule is Cc1ccc(C(=O)Nc2ccc(NC(=O)O)cc2)o1. The Hall–Kier alpha value is -2.76. The first-order chi connectivity index (χ1) is 9.04. The Bertz CT molecular complexity index is 601. The minimum absolute atomic E-state index is 0.227. The first kappa shape index (κ1) is 12.7. The number of furan rings is 1. The van der Waals surface area contributed by atoms with Crippen molar-refractivity contribution in [3.8, 4) is 0 Å². The van der Waals surface area contributed by atoms with Gasteiger partial charge in [0, 0.05) is 11.4 Å². The van der Waals surface area contributed by atoms with Gasteiger partial charge in [-0.3, -0.25) is 10.1 Å². The van der Waals surface area contributed by atoms with Gasteiger partial charge < -0.3 is 14.8 Å². The van der Waals surface area contributed by atoms with Crippen LogP contribution < -0.4 is 10.6 Å². The quantitative estimate of drug-likeness (QED) is 0.791. The third-order valence-corrected chi connectivity index (χ3v) is 2.36. The second-order valence-electron chi connectivity index (χ2n) is 3.87. The van der Waals surface area contributed by atoms with Crippen molar-refractivity contribution < 1.29 is 19.1 Å². The standard InChI is InChI=1S/C13H12N2O4/c1-8-2-7-11(19-8)12(16)14-9-3-5-10(6-4-9)15-13(17)18/h2-7,15H,1H3,(H,14,16)(H,17,18). The van der Waals surface area contributed by atoms with Crippen LogP contribution >= 0.6 is 0 Å². The number of hydrogen-bond donors (Lipinski definition) is 3. The molecule has 2 aromatic rings. The predicted octanol–water partition coefficient (Wildman–Crippen LogP) is 2.93. The van der Waals surface area contributed by atoms with Gasteiger partial charge in [0.15, 0.2) is 5.76 Å². The van der Waals surface area contributed by atoms with Crippen molar-refractivity contribution in [1.29, 1.82) is 0 Å². The van der Waals surface area contributed by atoms with E-state index in [0.29, 0.717) is 17.1 Å². The molecule has 0 saturated heterocycles. The van der Waals surface area contributed by atoms with Gasteiger partial charge in [0.1, 0.15) is 5.76 Å². The minimum Gasteiger partial charge on any atom is -0.465 e. The molecule has 1 aromatic heterocycles. The second kappa shape index (κ2) is 5.26. The van der Waals surface area contributed by atoms with E-state index in [2.05, 4.69) is 10.6 Å². The van der Waals surface area contributed by atoms with Gasteiger partial charge in [-0.1, -0.05) is 0 Å². The Balaban J connectivity index is 2.03. The highest BCUT2D eigenvalue weighted by Crippen LogP contribution is 2.15. The highest BCUT2D eigenvalue weighted by atomic mass is 16.4. The van der Waals surface area contributed by atoms with Crippen LogP contribution in [-0.4, -0.2) is 17.1 Å². The van der Waals surface area contributed by atoms with Crippen LogP contribution in [0.5, 0.6) is 0 Å². The number of carboxylic acid groups (broad SMARTS) is 1. The Morgan fingerprint density at radius 2 is 1.58 bits per heavy atom. The molecule has 0 spiro atoms. The van der Waals surface area contributed by atoms with Crippen molar-refractivity contribution >= 4 is 23.4 Å². The Morgan fingerprint density at radius 1 is 1.00 bits per heavy atom. The largest absolute Gasteiger partial charge is 0.465 e. The summed E-state index contributed by atoms with van der Waals surface area (Å²) in [5, 5.41) is 13.4. The van der Waals surface area contributed by atoms with E-state index in [0.717, 1.165) is 0 Å². The van der Waals surface area contributed by atoms with E-state index < -0.39 is 6.09 Å². The van der Waals surface area contributed by atoms with E-state index in [-0.39, 0.29) is 11.7 Å². The van der Waals surface area contributed by atoms with Crippen molar-refractivity contribution in [1.82, 2.24) is 0 Å². The summed E-state index contributed by atoms with van der Waals surface area (Å²) in [6.07, 6.45) is -1.14. The smallest absolute Gasteiger partial charge is 0.409 e. The third-order valence-electron chi connectivity index (χ3n) is 2.36. The van der Waals surface area contributed by atoms with Gasteiger partial charge in [-0.05, 0) is 43.3 Å². The van der Waals surface area contributed by atoms with Crippen LogP contribution in [0.2, 0.25) is 0 Å². The summed E-state index contributed by atoms with van der Waals surface area (Å²) >= 11 is 0. The molecule has 0 unspecified atom stereocenters. The van der Waals surface area contributed by atoms with Gasteiger partial charge in [-0.2, -0.15) is 0 Å². The fraction of sp³-hybridized carbons (Fsp3) is 0.0769. The lowest BCUT2D eigenvalue weighted by atomic mass is 10.2. The molecular weight excluding hydrogens is 248 g/mol. The molecule has 1 aromatic carbocycles. The molecule has 0 aliphatic rings. The molecule has 1 heterocycles. The molecule has 0 aliphatic carbocycles. The van der Waals surface area contributed by atoms with Gasteiger partial charge in [-0.25, -0.2) is 4.79 Å². The average Bonchev–Trinajstić information content (AvgIpc) is 2.78. The van der Waals surface area contributed by atoms with Crippen molar-refractivity contribution in [2.45, 2.75) is 6.92 Å². The van der Waals surface area contributed by atoms with Gasteiger partial charge in [0.05, 0.1) is 0 Å². The first-order valence-corrected chi connectivity index (χ1v) is 5.52. The van der Waals surface area contributed by atoms with Crippen LogP contribution in [-0.2, 0) is 0 Å². The summed E-state index contributed by atoms with van der Waals surface area (Å²) in [4.78, 5) is 22.2. The number of benzene rings is 1. The van der Waals surface area contributed by atoms with Crippen LogP contribution in [0.1, 0.15) is 16.3 Å².